The Balaban J connectivity index is -0.000000126. The molecule has 1 aromatic rings. The Hall–Kier alpha value is -1.32. The molecule has 0 N–H and O–H groups in total. The Morgan fingerprint density at radius 3 is 0.846 bits per heavy atom. The second-order valence-electron chi connectivity index (χ2n) is 1.35. The van der Waals surface area contributed by atoms with Crippen LogP contribution in [0.25, 0.3) is 0 Å². The van der Waals surface area contributed by atoms with E-state index in [1.807, 2.05) is 36.4 Å². The van der Waals surface area contributed by atoms with Gasteiger partial charge >= 0.3 is 17.1 Å². The monoisotopic (exact) mass is 231 g/mol. The normalized spacial score (nSPS) is 5.54. The summed E-state index contributed by atoms with van der Waals surface area (Å²) in [7, 11) is 0. The zero-order valence-corrected chi connectivity index (χ0v) is 7.49. The topological polar surface area (TPSA) is 80.3 Å². The van der Waals surface area contributed by atoms with Gasteiger partial charge in [-0.15, -0.1) is 0 Å². The van der Waals surface area contributed by atoms with E-state index in [9.17, 15) is 0 Å². The smallest absolute Gasteiger partial charge is 0.554 e. The fraction of sp³-hybridized carbons (Fsp3) is 0. The van der Waals surface area contributed by atoms with E-state index in [4.69, 9.17) is 19.8 Å². The maximum Gasteiger partial charge on any atom is 2.00 e. The molecule has 0 heterocycles. The van der Waals surface area contributed by atoms with Gasteiger partial charge in [0.05, 0.1) is 0 Å². The van der Waals surface area contributed by atoms with Crippen LogP contribution in [0.5, 0.6) is 0 Å². The van der Waals surface area contributed by atoms with Crippen LogP contribution in [0.4, 0.5) is 0 Å². The fourth-order valence-electron chi connectivity index (χ4n) is 0.385. The van der Waals surface area contributed by atoms with E-state index in [1.54, 1.807) is 0 Å². The molecular weight excluding hydrogens is 224 g/mol. The summed E-state index contributed by atoms with van der Waals surface area (Å²) in [6, 6.07) is 12.0. The summed E-state index contributed by atoms with van der Waals surface area (Å²) in [6.07, 6.45) is 0. The Morgan fingerprint density at radius 1 is 0.692 bits per heavy atom. The van der Waals surface area contributed by atoms with Gasteiger partial charge in [0.15, 0.2) is 0 Å². The molecule has 0 unspecified atom stereocenters. The predicted octanol–water partition coefficient (Wildman–Crippen LogP) is -1.58. The molecule has 75 valence electrons. The average molecular weight is 232 g/mol. The summed E-state index contributed by atoms with van der Waals surface area (Å²) in [6.45, 7) is -1.00. The molecule has 1 aromatic carbocycles. The van der Waals surface area contributed by atoms with Gasteiger partial charge in [-0.1, -0.05) is 36.4 Å². The first-order valence-electron chi connectivity index (χ1n) is 2.94. The van der Waals surface area contributed by atoms with Crippen molar-refractivity contribution in [3.05, 3.63) is 36.4 Å². The Kier molecular flexibility index (Phi) is 30.5. The standard InChI is InChI=1S/C6H6.2CH2O2.Cu/c1-2-4-6-5-3-1;2*2-1-3;/h1-6H;2*1H,(H,2,3);/q;;;+2/p-2. The number of hydrogen-bond donors (Lipinski definition) is 0. The molecule has 1 rings (SSSR count). The average Bonchev–Trinajstić information content (AvgIpc) is 2.10. The fourth-order valence-corrected chi connectivity index (χ4v) is 0.385. The zero-order chi connectivity index (χ0) is 9.66. The van der Waals surface area contributed by atoms with E-state index in [0.29, 0.717) is 0 Å². The van der Waals surface area contributed by atoms with Crippen LogP contribution < -0.4 is 10.2 Å². The Morgan fingerprint density at radius 2 is 0.769 bits per heavy atom. The first kappa shape index (κ1) is 17.7. The van der Waals surface area contributed by atoms with Gasteiger partial charge in [-0.2, -0.15) is 0 Å². The first-order valence-corrected chi connectivity index (χ1v) is 2.94. The van der Waals surface area contributed by atoms with Crippen LogP contribution in [0, 0.1) is 0 Å². The molecule has 4 nitrogen and oxygen atoms in total. The molecule has 5 heteroatoms. The SMILES string of the molecule is O=C[O-].O=C[O-].[Cu+2].c1ccccc1. The van der Waals surface area contributed by atoms with Crippen LogP contribution in [0.2, 0.25) is 0 Å². The molecule has 13 heavy (non-hydrogen) atoms. The van der Waals surface area contributed by atoms with Gasteiger partial charge in [0.1, 0.15) is 0 Å². The molecule has 0 fully saturated rings. The molecule has 0 spiro atoms. The molecule has 0 aromatic heterocycles. The first-order chi connectivity index (χ1) is 5.83. The van der Waals surface area contributed by atoms with Crippen molar-refractivity contribution in [2.24, 2.45) is 0 Å². The maximum absolute atomic E-state index is 8.25. The van der Waals surface area contributed by atoms with Crippen LogP contribution in [0.15, 0.2) is 36.4 Å². The van der Waals surface area contributed by atoms with Gasteiger partial charge in [0.25, 0.3) is 0 Å². The van der Waals surface area contributed by atoms with Crippen molar-refractivity contribution < 1.29 is 36.9 Å². The van der Waals surface area contributed by atoms with Crippen molar-refractivity contribution >= 4 is 12.9 Å². The number of carbonyl (C=O) groups excluding carboxylic acids is 2. The minimum atomic E-state index is -0.500. The van der Waals surface area contributed by atoms with E-state index in [-0.39, 0.29) is 17.1 Å². The van der Waals surface area contributed by atoms with E-state index >= 15 is 0 Å². The summed E-state index contributed by atoms with van der Waals surface area (Å²) >= 11 is 0. The van der Waals surface area contributed by atoms with Gasteiger partial charge in [-0.05, 0) is 0 Å². The molecule has 0 aliphatic rings. The number of carboxylic acid groups (broad SMARTS) is 2. The van der Waals surface area contributed by atoms with Crippen molar-refractivity contribution in [3.8, 4) is 0 Å². The molecule has 0 aliphatic heterocycles. The van der Waals surface area contributed by atoms with Crippen LogP contribution in [0.3, 0.4) is 0 Å². The van der Waals surface area contributed by atoms with Crippen LogP contribution in [-0.4, -0.2) is 12.9 Å². The van der Waals surface area contributed by atoms with Gasteiger partial charge in [-0.25, -0.2) is 0 Å². The third kappa shape index (κ3) is 36.7. The number of benzene rings is 1. The quantitative estimate of drug-likeness (QED) is 0.399. The molecule has 0 aliphatic carbocycles. The van der Waals surface area contributed by atoms with Crippen molar-refractivity contribution in [2.45, 2.75) is 0 Å². The summed E-state index contributed by atoms with van der Waals surface area (Å²) in [5.74, 6) is 0. The minimum Gasteiger partial charge on any atom is -0.554 e. The summed E-state index contributed by atoms with van der Waals surface area (Å²) < 4.78 is 0. The predicted molar refractivity (Wildman–Crippen MR) is 38.6 cm³/mol. The number of rotatable bonds is 0. The number of carbonyl (C=O) groups is 2. The Bertz CT molecular complexity index is 146. The number of hydrogen-bond acceptors (Lipinski definition) is 4. The third-order valence-electron chi connectivity index (χ3n) is 0.667. The summed E-state index contributed by atoms with van der Waals surface area (Å²) in [5, 5.41) is 16.5. The van der Waals surface area contributed by atoms with Gasteiger partial charge in [-0.3, -0.25) is 0 Å². The molecule has 0 saturated heterocycles. The van der Waals surface area contributed by atoms with E-state index < -0.39 is 12.9 Å². The molecular formula is C8H8CuO4. The molecule has 0 bridgehead atoms. The van der Waals surface area contributed by atoms with E-state index in [2.05, 4.69) is 0 Å². The molecule has 0 saturated carbocycles. The van der Waals surface area contributed by atoms with E-state index in [0.717, 1.165) is 0 Å². The summed E-state index contributed by atoms with van der Waals surface area (Å²) in [5.41, 5.74) is 0. The molecule has 0 atom stereocenters. The van der Waals surface area contributed by atoms with Crippen LogP contribution in [0.1, 0.15) is 0 Å². The molecule has 0 amide bonds. The van der Waals surface area contributed by atoms with Gasteiger partial charge in [0, 0.05) is 12.9 Å². The van der Waals surface area contributed by atoms with Gasteiger partial charge < -0.3 is 19.8 Å². The van der Waals surface area contributed by atoms with E-state index in [1.165, 1.54) is 0 Å². The molecule has 1 radical (unpaired) electrons. The zero-order valence-electron chi connectivity index (χ0n) is 6.55. The Labute approximate surface area is 86.7 Å². The largest absolute Gasteiger partial charge is 2.00 e. The van der Waals surface area contributed by atoms with Crippen molar-refractivity contribution in [1.82, 2.24) is 0 Å². The third-order valence-corrected chi connectivity index (χ3v) is 0.667. The summed E-state index contributed by atoms with van der Waals surface area (Å²) in [4.78, 5) is 16.5. The van der Waals surface area contributed by atoms with Crippen molar-refractivity contribution in [2.75, 3.05) is 0 Å². The van der Waals surface area contributed by atoms with Crippen molar-refractivity contribution in [3.63, 3.8) is 0 Å². The maximum atomic E-state index is 8.25. The minimum absolute atomic E-state index is 0. The van der Waals surface area contributed by atoms with Gasteiger partial charge in [0.2, 0.25) is 0 Å². The second kappa shape index (κ2) is 22.4. The van der Waals surface area contributed by atoms with Crippen LogP contribution >= 0.6 is 0 Å². The van der Waals surface area contributed by atoms with Crippen molar-refractivity contribution in [1.29, 1.82) is 0 Å². The second-order valence-corrected chi connectivity index (χ2v) is 1.35. The van der Waals surface area contributed by atoms with Crippen LogP contribution in [-0.2, 0) is 26.7 Å².